The molecule has 0 aliphatic heterocycles. The summed E-state index contributed by atoms with van der Waals surface area (Å²) in [6.07, 6.45) is 3.73. The number of pyridine rings is 1. The molecule has 0 fully saturated rings. The number of carbonyl (C=O) groups excluding carboxylic acids is 1. The molecule has 2 radical (unpaired) electrons. The molecule has 0 aromatic carbocycles. The van der Waals surface area contributed by atoms with Crippen LogP contribution in [-0.4, -0.2) is 15.9 Å². The van der Waals surface area contributed by atoms with Crippen LogP contribution in [0.1, 0.15) is 24.6 Å². The van der Waals surface area contributed by atoms with Crippen LogP contribution in [-0.2, 0) is 11.2 Å². The van der Waals surface area contributed by atoms with E-state index in [1.165, 1.54) is 11.8 Å². The van der Waals surface area contributed by atoms with Crippen molar-refractivity contribution < 1.29 is 4.79 Å². The van der Waals surface area contributed by atoms with Crippen LogP contribution in [0.2, 0.25) is 0 Å². The second-order valence-corrected chi connectivity index (χ2v) is 4.41. The van der Waals surface area contributed by atoms with Crippen LogP contribution in [0, 0.1) is 6.54 Å². The van der Waals surface area contributed by atoms with Gasteiger partial charge < -0.3 is 5.73 Å². The van der Waals surface area contributed by atoms with E-state index < -0.39 is 0 Å². The van der Waals surface area contributed by atoms with Crippen molar-refractivity contribution in [2.45, 2.75) is 19.8 Å². The zero-order valence-electron chi connectivity index (χ0n) is 8.69. The van der Waals surface area contributed by atoms with Gasteiger partial charge >= 0.3 is 0 Å². The summed E-state index contributed by atoms with van der Waals surface area (Å²) < 4.78 is 0. The summed E-state index contributed by atoms with van der Waals surface area (Å²) >= 11 is 1.37. The van der Waals surface area contributed by atoms with Crippen LogP contribution in [0.25, 0.3) is 0 Å². The van der Waals surface area contributed by atoms with E-state index >= 15 is 0 Å². The van der Waals surface area contributed by atoms with Crippen LogP contribution >= 0.6 is 11.8 Å². The number of carbonyl (C=O) groups is 1. The minimum Gasteiger partial charge on any atom is -0.316 e. The minimum atomic E-state index is 0.177. The second kappa shape index (κ2) is 6.58. The van der Waals surface area contributed by atoms with Crippen molar-refractivity contribution in [2.24, 2.45) is 5.73 Å². The Kier molecular flexibility index (Phi) is 5.36. The Balaban J connectivity index is 2.28. The number of thioether (sulfide) groups is 1. The molecule has 4 heteroatoms. The van der Waals surface area contributed by atoms with E-state index in [-0.39, 0.29) is 5.12 Å². The van der Waals surface area contributed by atoms with Crippen LogP contribution < -0.4 is 5.73 Å². The van der Waals surface area contributed by atoms with Gasteiger partial charge in [0.15, 0.2) is 5.12 Å². The van der Waals surface area contributed by atoms with Crippen molar-refractivity contribution in [3.8, 4) is 0 Å². The number of nitrogens with zero attached hydrogens (tertiary/aromatic N) is 1. The molecule has 1 aromatic rings. The first-order chi connectivity index (χ1) is 7.22. The topological polar surface area (TPSA) is 56.0 Å². The van der Waals surface area contributed by atoms with Gasteiger partial charge in [-0.1, -0.05) is 17.8 Å². The molecule has 0 aliphatic carbocycles. The maximum absolute atomic E-state index is 10.7. The van der Waals surface area contributed by atoms with E-state index in [1.54, 1.807) is 13.1 Å². The maximum atomic E-state index is 10.7. The Hall–Kier alpha value is -0.870. The number of nitrogens with two attached hydrogens (primary N) is 1. The maximum Gasteiger partial charge on any atom is 0.185 e. The van der Waals surface area contributed by atoms with Gasteiger partial charge in [-0.15, -0.1) is 0 Å². The van der Waals surface area contributed by atoms with Gasteiger partial charge in [0.2, 0.25) is 0 Å². The quantitative estimate of drug-likeness (QED) is 0.608. The zero-order chi connectivity index (χ0) is 11.1. The molecule has 0 amide bonds. The molecule has 0 spiro atoms. The normalized spacial score (nSPS) is 10.3. The fraction of sp³-hybridized carbons (Fsp3) is 0.364. The molecule has 0 bridgehead atoms. The van der Waals surface area contributed by atoms with E-state index in [0.29, 0.717) is 5.69 Å². The third-order valence-corrected chi connectivity index (χ3v) is 2.79. The molecule has 80 valence electrons. The minimum absolute atomic E-state index is 0.177. The fourth-order valence-electron chi connectivity index (χ4n) is 1.15. The Bertz CT molecular complexity index is 311. The molecule has 0 saturated carbocycles. The molecule has 2 N–H and O–H groups in total. The van der Waals surface area contributed by atoms with Gasteiger partial charge in [0.05, 0.1) is 5.69 Å². The Morgan fingerprint density at radius 2 is 2.40 bits per heavy atom. The van der Waals surface area contributed by atoms with Crippen molar-refractivity contribution >= 4 is 16.9 Å². The highest BCUT2D eigenvalue weighted by Crippen LogP contribution is 2.08. The van der Waals surface area contributed by atoms with Crippen LogP contribution in [0.3, 0.4) is 0 Å². The SMILES string of the molecule is CC(=O)SCCCc1ccc([C]N)nc1. The van der Waals surface area contributed by atoms with Gasteiger partial charge in [-0.2, -0.15) is 0 Å². The number of rotatable bonds is 5. The predicted octanol–water partition coefficient (Wildman–Crippen LogP) is 1.64. The number of aryl methyl sites for hydroxylation is 1. The zero-order valence-corrected chi connectivity index (χ0v) is 9.51. The Morgan fingerprint density at radius 1 is 1.60 bits per heavy atom. The lowest BCUT2D eigenvalue weighted by atomic mass is 10.1. The van der Waals surface area contributed by atoms with E-state index in [9.17, 15) is 4.79 Å². The van der Waals surface area contributed by atoms with Crippen LogP contribution in [0.15, 0.2) is 18.3 Å². The molecule has 0 atom stereocenters. The van der Waals surface area contributed by atoms with Crippen molar-refractivity contribution in [3.63, 3.8) is 0 Å². The lowest BCUT2D eigenvalue weighted by molar-refractivity contribution is -0.109. The molecular formula is C11H14N2OS. The summed E-state index contributed by atoms with van der Waals surface area (Å²) in [6.45, 7) is 4.07. The second-order valence-electron chi connectivity index (χ2n) is 3.14. The largest absolute Gasteiger partial charge is 0.316 e. The number of aromatic nitrogens is 1. The lowest BCUT2D eigenvalue weighted by Crippen LogP contribution is -1.97. The average molecular weight is 222 g/mol. The molecule has 1 rings (SSSR count). The first kappa shape index (κ1) is 12.2. The molecule has 15 heavy (non-hydrogen) atoms. The monoisotopic (exact) mass is 222 g/mol. The highest BCUT2D eigenvalue weighted by molar-refractivity contribution is 8.13. The third kappa shape index (κ3) is 4.95. The number of hydrogen-bond donors (Lipinski definition) is 1. The van der Waals surface area contributed by atoms with E-state index in [1.807, 2.05) is 12.1 Å². The summed E-state index contributed by atoms with van der Waals surface area (Å²) in [5, 5.41) is 0.177. The van der Waals surface area contributed by atoms with Crippen LogP contribution in [0.4, 0.5) is 0 Å². The first-order valence-corrected chi connectivity index (χ1v) is 5.76. The molecule has 1 heterocycles. The van der Waals surface area contributed by atoms with Crippen molar-refractivity contribution in [1.82, 2.24) is 4.98 Å². The highest BCUT2D eigenvalue weighted by atomic mass is 32.2. The van der Waals surface area contributed by atoms with Crippen molar-refractivity contribution in [1.29, 1.82) is 0 Å². The Morgan fingerprint density at radius 3 is 2.93 bits per heavy atom. The van der Waals surface area contributed by atoms with Gasteiger partial charge in [0.1, 0.15) is 6.54 Å². The summed E-state index contributed by atoms with van der Waals surface area (Å²) in [5.74, 6) is 0.867. The smallest absolute Gasteiger partial charge is 0.185 e. The fourth-order valence-corrected chi connectivity index (χ4v) is 1.73. The number of hydrogen-bond acceptors (Lipinski definition) is 4. The molecule has 1 aromatic heterocycles. The molecule has 0 unspecified atom stereocenters. The van der Waals surface area contributed by atoms with Crippen molar-refractivity contribution in [2.75, 3.05) is 5.75 Å². The standard InChI is InChI=1S/C11H14N2OS/c1-9(14)15-6-2-3-10-4-5-11(7-12)13-8-10/h4-5,8H,2-3,6,12H2,1H3. The first-order valence-electron chi connectivity index (χ1n) is 4.77. The lowest BCUT2D eigenvalue weighted by Gasteiger charge is -2.01. The van der Waals surface area contributed by atoms with Gasteiger partial charge in [-0.05, 0) is 24.5 Å². The highest BCUT2D eigenvalue weighted by Gasteiger charge is 1.97. The van der Waals surface area contributed by atoms with E-state index in [2.05, 4.69) is 11.5 Å². The predicted molar refractivity (Wildman–Crippen MR) is 62.2 cm³/mol. The summed E-state index contributed by atoms with van der Waals surface area (Å²) in [6, 6.07) is 3.83. The van der Waals surface area contributed by atoms with Gasteiger partial charge in [0.25, 0.3) is 0 Å². The Labute approximate surface area is 94.5 Å². The summed E-state index contributed by atoms with van der Waals surface area (Å²) in [4.78, 5) is 14.8. The summed E-state index contributed by atoms with van der Waals surface area (Å²) in [7, 11) is 0. The van der Waals surface area contributed by atoms with Gasteiger partial charge in [-0.3, -0.25) is 9.78 Å². The molecule has 0 saturated heterocycles. The third-order valence-electron chi connectivity index (χ3n) is 1.89. The summed E-state index contributed by atoms with van der Waals surface area (Å²) in [5.41, 5.74) is 7.03. The average Bonchev–Trinajstić information content (AvgIpc) is 2.25. The van der Waals surface area contributed by atoms with Gasteiger partial charge in [-0.25, -0.2) is 0 Å². The van der Waals surface area contributed by atoms with E-state index in [0.717, 1.165) is 24.2 Å². The molecule has 0 aliphatic rings. The molecular weight excluding hydrogens is 208 g/mol. The van der Waals surface area contributed by atoms with Gasteiger partial charge in [0, 0.05) is 18.9 Å². The van der Waals surface area contributed by atoms with Crippen LogP contribution in [0.5, 0.6) is 0 Å². The van der Waals surface area contributed by atoms with E-state index in [4.69, 9.17) is 5.73 Å². The van der Waals surface area contributed by atoms with Crippen molar-refractivity contribution in [3.05, 3.63) is 36.1 Å². The molecule has 3 nitrogen and oxygen atoms in total.